The maximum Gasteiger partial charge on any atom is 0.330 e. The molecule has 4 heteroatoms. The van der Waals surface area contributed by atoms with Crippen molar-refractivity contribution in [1.82, 2.24) is 0 Å². The minimum Gasteiger partial charge on any atom is -0.463 e. The van der Waals surface area contributed by atoms with Crippen LogP contribution in [-0.4, -0.2) is 26.0 Å². The van der Waals surface area contributed by atoms with Crippen LogP contribution in [0.3, 0.4) is 0 Å². The van der Waals surface area contributed by atoms with Crippen LogP contribution in [0, 0.1) is 5.92 Å². The van der Waals surface area contributed by atoms with Crippen LogP contribution >= 0.6 is 0 Å². The SMILES string of the molecule is CCOC(=O)/C=C/[C@@H](C)CCOCOCc1ccccc1. The summed E-state index contributed by atoms with van der Waals surface area (Å²) in [6.07, 6.45) is 4.15. The van der Waals surface area contributed by atoms with Crippen molar-refractivity contribution in [2.45, 2.75) is 26.9 Å². The number of hydrogen-bond donors (Lipinski definition) is 0. The van der Waals surface area contributed by atoms with E-state index in [0.717, 1.165) is 12.0 Å². The molecule has 0 amide bonds. The van der Waals surface area contributed by atoms with E-state index in [-0.39, 0.29) is 18.7 Å². The van der Waals surface area contributed by atoms with Gasteiger partial charge in [-0.25, -0.2) is 4.79 Å². The van der Waals surface area contributed by atoms with Crippen molar-refractivity contribution in [3.63, 3.8) is 0 Å². The zero-order chi connectivity index (χ0) is 15.3. The summed E-state index contributed by atoms with van der Waals surface area (Å²) in [7, 11) is 0. The van der Waals surface area contributed by atoms with Crippen LogP contribution in [0.2, 0.25) is 0 Å². The normalized spacial score (nSPS) is 12.5. The highest BCUT2D eigenvalue weighted by molar-refractivity contribution is 5.81. The topological polar surface area (TPSA) is 44.8 Å². The summed E-state index contributed by atoms with van der Waals surface area (Å²) >= 11 is 0. The lowest BCUT2D eigenvalue weighted by atomic mass is 10.1. The second-order valence-corrected chi connectivity index (χ2v) is 4.74. The fraction of sp³-hybridized carbons (Fsp3) is 0.471. The van der Waals surface area contributed by atoms with Gasteiger partial charge in [0.05, 0.1) is 13.2 Å². The van der Waals surface area contributed by atoms with Crippen molar-refractivity contribution >= 4 is 5.97 Å². The van der Waals surface area contributed by atoms with Crippen LogP contribution in [0.15, 0.2) is 42.5 Å². The number of carbonyl (C=O) groups excluding carboxylic acids is 1. The summed E-state index contributed by atoms with van der Waals surface area (Å²) in [4.78, 5) is 11.1. The lowest BCUT2D eigenvalue weighted by Crippen LogP contribution is -2.05. The Morgan fingerprint density at radius 2 is 2.00 bits per heavy atom. The third-order valence-corrected chi connectivity index (χ3v) is 2.84. The summed E-state index contributed by atoms with van der Waals surface area (Å²) < 4.78 is 15.6. The van der Waals surface area contributed by atoms with Gasteiger partial charge in [-0.3, -0.25) is 0 Å². The molecule has 0 fully saturated rings. The first-order valence-electron chi connectivity index (χ1n) is 7.26. The van der Waals surface area contributed by atoms with Gasteiger partial charge >= 0.3 is 5.97 Å². The van der Waals surface area contributed by atoms with Crippen molar-refractivity contribution in [2.24, 2.45) is 5.92 Å². The largest absolute Gasteiger partial charge is 0.463 e. The lowest BCUT2D eigenvalue weighted by molar-refractivity contribution is -0.137. The molecule has 1 atom stereocenters. The van der Waals surface area contributed by atoms with Gasteiger partial charge in [-0.1, -0.05) is 43.3 Å². The van der Waals surface area contributed by atoms with E-state index in [0.29, 0.717) is 19.8 Å². The predicted octanol–water partition coefficient (Wildman–Crippen LogP) is 3.32. The number of esters is 1. The Morgan fingerprint density at radius 3 is 2.71 bits per heavy atom. The van der Waals surface area contributed by atoms with Gasteiger partial charge in [0.15, 0.2) is 0 Å². The lowest BCUT2D eigenvalue weighted by Gasteiger charge is -2.08. The molecule has 0 N–H and O–H groups in total. The smallest absolute Gasteiger partial charge is 0.330 e. The molecule has 0 saturated heterocycles. The first-order valence-corrected chi connectivity index (χ1v) is 7.26. The van der Waals surface area contributed by atoms with E-state index in [2.05, 4.69) is 0 Å². The highest BCUT2D eigenvalue weighted by atomic mass is 16.7. The first kappa shape index (κ1) is 17.4. The molecule has 0 saturated carbocycles. The Bertz CT molecular complexity index is 414. The van der Waals surface area contributed by atoms with E-state index in [9.17, 15) is 4.79 Å². The third kappa shape index (κ3) is 9.00. The first-order chi connectivity index (χ1) is 10.2. The fourth-order valence-electron chi connectivity index (χ4n) is 1.65. The van der Waals surface area contributed by atoms with Gasteiger partial charge in [0.1, 0.15) is 6.79 Å². The summed E-state index contributed by atoms with van der Waals surface area (Å²) in [5.41, 5.74) is 1.13. The maximum absolute atomic E-state index is 11.1. The highest BCUT2D eigenvalue weighted by Gasteiger charge is 2.00. The van der Waals surface area contributed by atoms with E-state index in [1.54, 1.807) is 6.92 Å². The highest BCUT2D eigenvalue weighted by Crippen LogP contribution is 2.05. The minimum absolute atomic E-state index is 0.267. The Morgan fingerprint density at radius 1 is 1.24 bits per heavy atom. The van der Waals surface area contributed by atoms with Crippen molar-refractivity contribution in [2.75, 3.05) is 20.0 Å². The maximum atomic E-state index is 11.1. The monoisotopic (exact) mass is 292 g/mol. The minimum atomic E-state index is -0.295. The van der Waals surface area contributed by atoms with Crippen LogP contribution in [0.1, 0.15) is 25.8 Å². The van der Waals surface area contributed by atoms with Gasteiger partial charge in [0.2, 0.25) is 0 Å². The molecule has 0 bridgehead atoms. The molecular formula is C17H24O4. The molecule has 0 aliphatic rings. The van der Waals surface area contributed by atoms with Crippen molar-refractivity contribution < 1.29 is 19.0 Å². The fourth-order valence-corrected chi connectivity index (χ4v) is 1.65. The molecule has 21 heavy (non-hydrogen) atoms. The van der Waals surface area contributed by atoms with Crippen LogP contribution in [0.25, 0.3) is 0 Å². The Hall–Kier alpha value is -1.65. The Labute approximate surface area is 126 Å². The van der Waals surface area contributed by atoms with Crippen LogP contribution in [0.5, 0.6) is 0 Å². The number of carbonyl (C=O) groups is 1. The molecule has 1 aromatic rings. The van der Waals surface area contributed by atoms with E-state index in [4.69, 9.17) is 14.2 Å². The van der Waals surface area contributed by atoms with Gasteiger partial charge < -0.3 is 14.2 Å². The van der Waals surface area contributed by atoms with Crippen LogP contribution < -0.4 is 0 Å². The van der Waals surface area contributed by atoms with Gasteiger partial charge in [-0.2, -0.15) is 0 Å². The molecule has 4 nitrogen and oxygen atoms in total. The second-order valence-electron chi connectivity index (χ2n) is 4.74. The standard InChI is InChI=1S/C17H24O4/c1-3-21-17(18)10-9-15(2)11-12-19-14-20-13-16-7-5-4-6-8-16/h4-10,15H,3,11-14H2,1-2H3/b10-9+/t15-/m1/s1. The zero-order valence-corrected chi connectivity index (χ0v) is 12.8. The van der Waals surface area contributed by atoms with Crippen molar-refractivity contribution in [1.29, 1.82) is 0 Å². The van der Waals surface area contributed by atoms with Crippen molar-refractivity contribution in [3.05, 3.63) is 48.0 Å². The summed E-state index contributed by atoms with van der Waals surface area (Å²) in [6, 6.07) is 9.98. The summed E-state index contributed by atoms with van der Waals surface area (Å²) in [6.45, 7) is 5.66. The van der Waals surface area contributed by atoms with E-state index in [1.165, 1.54) is 6.08 Å². The van der Waals surface area contributed by atoms with E-state index < -0.39 is 0 Å². The van der Waals surface area contributed by atoms with Gasteiger partial charge in [0.25, 0.3) is 0 Å². The predicted molar refractivity (Wildman–Crippen MR) is 81.6 cm³/mol. The molecule has 0 aromatic heterocycles. The molecule has 0 spiro atoms. The summed E-state index contributed by atoms with van der Waals surface area (Å²) in [5, 5.41) is 0. The number of rotatable bonds is 10. The molecule has 0 aliphatic carbocycles. The third-order valence-electron chi connectivity index (χ3n) is 2.84. The van der Waals surface area contributed by atoms with Gasteiger partial charge in [-0.05, 0) is 24.8 Å². The molecule has 0 aliphatic heterocycles. The van der Waals surface area contributed by atoms with E-state index in [1.807, 2.05) is 43.3 Å². The van der Waals surface area contributed by atoms with E-state index >= 15 is 0 Å². The number of allylic oxidation sites excluding steroid dienone is 1. The average molecular weight is 292 g/mol. The van der Waals surface area contributed by atoms with Gasteiger partial charge in [0, 0.05) is 12.7 Å². The molecule has 0 unspecified atom stereocenters. The van der Waals surface area contributed by atoms with Crippen LogP contribution in [0.4, 0.5) is 0 Å². The zero-order valence-electron chi connectivity index (χ0n) is 12.8. The molecule has 0 radical (unpaired) electrons. The molecular weight excluding hydrogens is 268 g/mol. The molecule has 1 aromatic carbocycles. The number of hydrogen-bond acceptors (Lipinski definition) is 4. The second kappa shape index (κ2) is 11.1. The number of ether oxygens (including phenoxy) is 3. The molecule has 0 heterocycles. The van der Waals surface area contributed by atoms with Crippen LogP contribution in [-0.2, 0) is 25.6 Å². The molecule has 116 valence electrons. The Kier molecular flexibility index (Phi) is 9.16. The Balaban J connectivity index is 2.02. The average Bonchev–Trinajstić information content (AvgIpc) is 2.50. The number of benzene rings is 1. The quantitative estimate of drug-likeness (QED) is 0.287. The van der Waals surface area contributed by atoms with Gasteiger partial charge in [-0.15, -0.1) is 0 Å². The summed E-state index contributed by atoms with van der Waals surface area (Å²) in [5.74, 6) is -0.0278. The molecule has 1 rings (SSSR count). The van der Waals surface area contributed by atoms with Crippen molar-refractivity contribution in [3.8, 4) is 0 Å².